The highest BCUT2D eigenvalue weighted by Crippen LogP contribution is 1.98. The van der Waals surface area contributed by atoms with Crippen molar-refractivity contribution in [2.45, 2.75) is 26.4 Å². The quantitative estimate of drug-likeness (QED) is 0.418. The van der Waals surface area contributed by atoms with Gasteiger partial charge in [0, 0.05) is 0 Å². The smallest absolute Gasteiger partial charge is 0.208 e. The zero-order valence-corrected chi connectivity index (χ0v) is 5.92. The van der Waals surface area contributed by atoms with E-state index in [9.17, 15) is 4.79 Å². The molecule has 0 aromatic carbocycles. The van der Waals surface area contributed by atoms with E-state index in [1.54, 1.807) is 0 Å². The van der Waals surface area contributed by atoms with E-state index in [2.05, 4.69) is 19.2 Å². The lowest BCUT2D eigenvalue weighted by Gasteiger charge is -2.11. The fraction of sp³-hybridized carbons (Fsp3) is 0.833. The number of carbonyl (C=O) groups is 1. The molecule has 3 heteroatoms. The van der Waals surface area contributed by atoms with Crippen LogP contribution in [0.5, 0.6) is 0 Å². The summed E-state index contributed by atoms with van der Waals surface area (Å²) in [6.07, 6.45) is 1.29. The molecule has 0 heterocycles. The molecule has 0 saturated carbocycles. The summed E-state index contributed by atoms with van der Waals surface area (Å²) in [5, 5.41) is 2.47. The van der Waals surface area contributed by atoms with Crippen LogP contribution in [0.25, 0.3) is 0 Å². The van der Waals surface area contributed by atoms with Gasteiger partial charge in [0.2, 0.25) is 6.41 Å². The molecule has 0 unspecified atom stereocenters. The lowest BCUT2D eigenvalue weighted by molar-refractivity contribution is -0.110. The largest absolute Gasteiger partial charge is 0.344 e. The van der Waals surface area contributed by atoms with Gasteiger partial charge in [-0.05, 0) is 12.3 Å². The minimum Gasteiger partial charge on any atom is -0.344 e. The van der Waals surface area contributed by atoms with Crippen LogP contribution in [0.2, 0.25) is 0 Å². The number of nitrogens with one attached hydrogen (secondary N) is 1. The van der Waals surface area contributed by atoms with Crippen molar-refractivity contribution in [1.82, 2.24) is 5.32 Å². The van der Waals surface area contributed by atoms with Gasteiger partial charge in [0.25, 0.3) is 0 Å². The van der Waals surface area contributed by atoms with Gasteiger partial charge in [-0.1, -0.05) is 13.8 Å². The number of hydrogen-bond donors (Lipinski definition) is 2. The third-order valence-electron chi connectivity index (χ3n) is 1.01. The number of nitrogens with two attached hydrogens (primary N) is 1. The molecule has 0 aliphatic heterocycles. The summed E-state index contributed by atoms with van der Waals surface area (Å²) in [5.41, 5.74) is 5.44. The van der Waals surface area contributed by atoms with E-state index >= 15 is 0 Å². The van der Waals surface area contributed by atoms with E-state index in [1.807, 2.05) is 0 Å². The number of hydrogen-bond acceptors (Lipinski definition) is 2. The van der Waals surface area contributed by atoms with Crippen molar-refractivity contribution in [3.8, 4) is 0 Å². The lowest BCUT2D eigenvalue weighted by Crippen LogP contribution is -2.37. The van der Waals surface area contributed by atoms with Gasteiger partial charge in [0.05, 0.1) is 6.17 Å². The molecule has 1 amide bonds. The van der Waals surface area contributed by atoms with Crippen molar-refractivity contribution < 1.29 is 4.79 Å². The molecule has 54 valence electrons. The summed E-state index contributed by atoms with van der Waals surface area (Å²) in [6, 6.07) is 0. The number of amides is 1. The molecule has 3 nitrogen and oxygen atoms in total. The summed E-state index contributed by atoms with van der Waals surface area (Å²) in [5.74, 6) is 0.535. The summed E-state index contributed by atoms with van der Waals surface area (Å²) in [7, 11) is 0. The molecule has 0 saturated heterocycles. The lowest BCUT2D eigenvalue weighted by atomic mass is 10.1. The van der Waals surface area contributed by atoms with E-state index in [0.29, 0.717) is 12.3 Å². The van der Waals surface area contributed by atoms with Gasteiger partial charge < -0.3 is 11.1 Å². The van der Waals surface area contributed by atoms with Crippen LogP contribution in [0.1, 0.15) is 20.3 Å². The zero-order chi connectivity index (χ0) is 7.28. The van der Waals surface area contributed by atoms with Gasteiger partial charge in [-0.3, -0.25) is 4.79 Å². The predicted octanol–water partition coefficient (Wildman–Crippen LogP) is 0.0633. The molecule has 9 heavy (non-hydrogen) atoms. The van der Waals surface area contributed by atoms with E-state index < -0.39 is 0 Å². The van der Waals surface area contributed by atoms with Gasteiger partial charge in [0.1, 0.15) is 0 Å². The van der Waals surface area contributed by atoms with Gasteiger partial charge in [-0.15, -0.1) is 0 Å². The van der Waals surface area contributed by atoms with Crippen molar-refractivity contribution in [2.75, 3.05) is 0 Å². The first-order valence-electron chi connectivity index (χ1n) is 3.12. The summed E-state index contributed by atoms with van der Waals surface area (Å²) >= 11 is 0. The van der Waals surface area contributed by atoms with Crippen LogP contribution < -0.4 is 11.1 Å². The second-order valence-corrected chi connectivity index (χ2v) is 2.52. The van der Waals surface area contributed by atoms with E-state index in [4.69, 9.17) is 5.73 Å². The molecule has 0 radical (unpaired) electrons. The first kappa shape index (κ1) is 8.43. The molecule has 0 fully saturated rings. The molecule has 0 spiro atoms. The van der Waals surface area contributed by atoms with Crippen LogP contribution in [0.3, 0.4) is 0 Å². The molecule has 0 rings (SSSR count). The van der Waals surface area contributed by atoms with Gasteiger partial charge in [-0.2, -0.15) is 0 Å². The zero-order valence-electron chi connectivity index (χ0n) is 5.92. The van der Waals surface area contributed by atoms with Crippen LogP contribution >= 0.6 is 0 Å². The molecule has 0 aliphatic carbocycles. The van der Waals surface area contributed by atoms with Crippen molar-refractivity contribution in [3.63, 3.8) is 0 Å². The number of carbonyl (C=O) groups excluding carboxylic acids is 1. The third-order valence-corrected chi connectivity index (χ3v) is 1.01. The van der Waals surface area contributed by atoms with E-state index in [1.165, 1.54) is 0 Å². The second kappa shape index (κ2) is 4.32. The Hall–Kier alpha value is -0.570. The SMILES string of the molecule is CC(C)C[C@H](N)NC=O. The monoisotopic (exact) mass is 130 g/mol. The second-order valence-electron chi connectivity index (χ2n) is 2.52. The maximum absolute atomic E-state index is 9.81. The topological polar surface area (TPSA) is 55.1 Å². The normalized spacial score (nSPS) is 13.3. The fourth-order valence-corrected chi connectivity index (χ4v) is 0.663. The molecule has 3 N–H and O–H groups in total. The van der Waals surface area contributed by atoms with Crippen LogP contribution in [0.4, 0.5) is 0 Å². The minimum absolute atomic E-state index is 0.178. The number of rotatable bonds is 4. The predicted molar refractivity (Wildman–Crippen MR) is 36.6 cm³/mol. The average Bonchev–Trinajstić information content (AvgIpc) is 1.63. The highest BCUT2D eigenvalue weighted by molar-refractivity contribution is 5.46. The van der Waals surface area contributed by atoms with Crippen molar-refractivity contribution in [3.05, 3.63) is 0 Å². The first-order valence-corrected chi connectivity index (χ1v) is 3.12. The van der Waals surface area contributed by atoms with E-state index in [0.717, 1.165) is 6.42 Å². The summed E-state index contributed by atoms with van der Waals surface area (Å²) in [6.45, 7) is 4.12. The highest BCUT2D eigenvalue weighted by atomic mass is 16.1. The molecular weight excluding hydrogens is 116 g/mol. The first-order chi connectivity index (χ1) is 4.16. The maximum atomic E-state index is 9.81. The molecule has 0 aliphatic rings. The fourth-order valence-electron chi connectivity index (χ4n) is 0.663. The molecule has 0 bridgehead atoms. The van der Waals surface area contributed by atoms with Gasteiger partial charge in [-0.25, -0.2) is 0 Å². The highest BCUT2D eigenvalue weighted by Gasteiger charge is 2.01. The van der Waals surface area contributed by atoms with Crippen molar-refractivity contribution in [2.24, 2.45) is 11.7 Å². The van der Waals surface area contributed by atoms with Crippen LogP contribution in [-0.4, -0.2) is 12.6 Å². The minimum atomic E-state index is -0.178. The summed E-state index contributed by atoms with van der Waals surface area (Å²) in [4.78, 5) is 9.81. The molecule has 1 atom stereocenters. The van der Waals surface area contributed by atoms with Crippen molar-refractivity contribution >= 4 is 6.41 Å². The Bertz CT molecular complexity index is 83.1. The van der Waals surface area contributed by atoms with E-state index in [-0.39, 0.29) is 6.17 Å². The van der Waals surface area contributed by atoms with Crippen LogP contribution in [0.15, 0.2) is 0 Å². The Morgan fingerprint density at radius 2 is 2.22 bits per heavy atom. The Morgan fingerprint density at radius 3 is 2.56 bits per heavy atom. The summed E-state index contributed by atoms with van der Waals surface area (Å²) < 4.78 is 0. The van der Waals surface area contributed by atoms with Gasteiger partial charge in [0.15, 0.2) is 0 Å². The Kier molecular flexibility index (Phi) is 4.05. The standard InChI is InChI=1S/C6H14N2O/c1-5(2)3-6(7)8-4-9/h4-6H,3,7H2,1-2H3,(H,8,9)/t6-/m1/s1. The van der Waals surface area contributed by atoms with Crippen LogP contribution in [0, 0.1) is 5.92 Å². The molecular formula is C6H14N2O. The van der Waals surface area contributed by atoms with Gasteiger partial charge >= 0.3 is 0 Å². The third kappa shape index (κ3) is 5.30. The van der Waals surface area contributed by atoms with Crippen molar-refractivity contribution in [1.29, 1.82) is 0 Å². The Morgan fingerprint density at radius 1 is 1.67 bits per heavy atom. The Balaban J connectivity index is 3.25. The Labute approximate surface area is 55.6 Å². The van der Waals surface area contributed by atoms with Crippen LogP contribution in [-0.2, 0) is 4.79 Å². The average molecular weight is 130 g/mol. The maximum Gasteiger partial charge on any atom is 0.208 e. The molecule has 0 aromatic heterocycles. The molecule has 0 aromatic rings.